The average molecular weight is 321 g/mol. The number of nitrogens with zero attached hydrogens (tertiary/aromatic N) is 1. The molecular formula is C18H15N3OS. The van der Waals surface area contributed by atoms with E-state index < -0.39 is 0 Å². The van der Waals surface area contributed by atoms with E-state index in [2.05, 4.69) is 22.1 Å². The SMILES string of the molecule is Oc1c(Cc2ccc3[nH]ccc3c2)[nH]c(=S)n1-c1ccccc1. The summed E-state index contributed by atoms with van der Waals surface area (Å²) in [5.41, 5.74) is 3.78. The fraction of sp³-hybridized carbons (Fsp3) is 0.0556. The number of rotatable bonds is 3. The van der Waals surface area contributed by atoms with Gasteiger partial charge in [-0.15, -0.1) is 0 Å². The summed E-state index contributed by atoms with van der Waals surface area (Å²) in [7, 11) is 0. The number of fused-ring (bicyclic) bond motifs is 1. The van der Waals surface area contributed by atoms with Crippen LogP contribution in [0.4, 0.5) is 0 Å². The standard InChI is InChI=1S/C18H15N3OS/c22-17-16(11-12-6-7-15-13(10-12)8-9-19-15)20-18(23)21(17)14-4-2-1-3-5-14/h1-10,19,22H,11H2,(H,20,23). The molecule has 5 heteroatoms. The molecule has 0 spiro atoms. The molecule has 114 valence electrons. The van der Waals surface area contributed by atoms with Gasteiger partial charge in [-0.05, 0) is 53.5 Å². The Bertz CT molecular complexity index is 1030. The van der Waals surface area contributed by atoms with Crippen LogP contribution in [0, 0.1) is 4.77 Å². The third kappa shape index (κ3) is 2.45. The zero-order chi connectivity index (χ0) is 15.8. The van der Waals surface area contributed by atoms with E-state index in [1.165, 1.54) is 0 Å². The molecule has 0 unspecified atom stereocenters. The maximum absolute atomic E-state index is 10.6. The van der Waals surface area contributed by atoms with Crippen LogP contribution in [0.25, 0.3) is 16.6 Å². The van der Waals surface area contributed by atoms with Gasteiger partial charge in [0.1, 0.15) is 0 Å². The largest absolute Gasteiger partial charge is 0.493 e. The predicted octanol–water partition coefficient (Wildman–Crippen LogP) is 4.31. The Morgan fingerprint density at radius 1 is 1.04 bits per heavy atom. The monoisotopic (exact) mass is 321 g/mol. The molecule has 4 aromatic rings. The van der Waals surface area contributed by atoms with Crippen molar-refractivity contribution >= 4 is 23.1 Å². The van der Waals surface area contributed by atoms with Gasteiger partial charge in [-0.1, -0.05) is 24.3 Å². The fourth-order valence-electron chi connectivity index (χ4n) is 2.83. The summed E-state index contributed by atoms with van der Waals surface area (Å²) < 4.78 is 2.14. The minimum atomic E-state index is 0.162. The topological polar surface area (TPSA) is 56.7 Å². The number of aromatic amines is 2. The molecule has 0 aliphatic carbocycles. The molecule has 0 amide bonds. The fourth-order valence-corrected chi connectivity index (χ4v) is 3.14. The van der Waals surface area contributed by atoms with Gasteiger partial charge in [0, 0.05) is 18.1 Å². The van der Waals surface area contributed by atoms with Gasteiger partial charge in [-0.25, -0.2) is 0 Å². The Morgan fingerprint density at radius 2 is 1.87 bits per heavy atom. The first-order valence-corrected chi connectivity index (χ1v) is 7.77. The van der Waals surface area contributed by atoms with Crippen LogP contribution in [0.2, 0.25) is 0 Å². The molecular weight excluding hydrogens is 306 g/mol. The van der Waals surface area contributed by atoms with Gasteiger partial charge in [0.2, 0.25) is 5.88 Å². The van der Waals surface area contributed by atoms with E-state index in [1.807, 2.05) is 48.7 Å². The first kappa shape index (κ1) is 13.8. The maximum atomic E-state index is 10.6. The van der Waals surface area contributed by atoms with Gasteiger partial charge >= 0.3 is 0 Å². The van der Waals surface area contributed by atoms with Crippen LogP contribution in [0.15, 0.2) is 60.8 Å². The van der Waals surface area contributed by atoms with Crippen LogP contribution >= 0.6 is 12.2 Å². The smallest absolute Gasteiger partial charge is 0.218 e. The summed E-state index contributed by atoms with van der Waals surface area (Å²) >= 11 is 5.36. The normalized spacial score (nSPS) is 11.1. The van der Waals surface area contributed by atoms with Crippen LogP contribution < -0.4 is 0 Å². The van der Waals surface area contributed by atoms with E-state index in [9.17, 15) is 5.11 Å². The Labute approximate surface area is 138 Å². The van der Waals surface area contributed by atoms with E-state index in [-0.39, 0.29) is 5.88 Å². The van der Waals surface area contributed by atoms with Crippen LogP contribution in [-0.4, -0.2) is 19.6 Å². The molecule has 4 rings (SSSR count). The predicted molar refractivity (Wildman–Crippen MR) is 93.7 cm³/mol. The van der Waals surface area contributed by atoms with E-state index >= 15 is 0 Å². The summed E-state index contributed by atoms with van der Waals surface area (Å²) in [6, 6.07) is 17.9. The van der Waals surface area contributed by atoms with Gasteiger partial charge < -0.3 is 15.1 Å². The summed E-state index contributed by atoms with van der Waals surface area (Å²) in [6.45, 7) is 0. The number of aromatic nitrogens is 3. The lowest BCUT2D eigenvalue weighted by Gasteiger charge is -2.05. The molecule has 0 saturated carbocycles. The van der Waals surface area contributed by atoms with Gasteiger partial charge in [0.05, 0.1) is 11.4 Å². The van der Waals surface area contributed by atoms with Crippen molar-refractivity contribution in [1.29, 1.82) is 0 Å². The van der Waals surface area contributed by atoms with Crippen molar-refractivity contribution in [3.05, 3.63) is 76.8 Å². The molecule has 0 fully saturated rings. The molecule has 4 nitrogen and oxygen atoms in total. The number of para-hydroxylation sites is 1. The number of hydrogen-bond donors (Lipinski definition) is 3. The summed E-state index contributed by atoms with van der Waals surface area (Å²) in [5, 5.41) is 11.7. The number of aromatic hydroxyl groups is 1. The zero-order valence-electron chi connectivity index (χ0n) is 12.3. The number of hydrogen-bond acceptors (Lipinski definition) is 2. The van der Waals surface area contributed by atoms with E-state index in [4.69, 9.17) is 12.2 Å². The average Bonchev–Trinajstić information content (AvgIpc) is 3.13. The second kappa shape index (κ2) is 5.44. The maximum Gasteiger partial charge on any atom is 0.218 e. The summed E-state index contributed by atoms with van der Waals surface area (Å²) in [6.07, 6.45) is 2.52. The first-order chi connectivity index (χ1) is 11.2. The quantitative estimate of drug-likeness (QED) is 0.492. The highest BCUT2D eigenvalue weighted by molar-refractivity contribution is 7.71. The van der Waals surface area contributed by atoms with Crippen molar-refractivity contribution in [2.45, 2.75) is 6.42 Å². The van der Waals surface area contributed by atoms with Crippen LogP contribution in [0.3, 0.4) is 0 Å². The van der Waals surface area contributed by atoms with Crippen molar-refractivity contribution in [2.75, 3.05) is 0 Å². The highest BCUT2D eigenvalue weighted by atomic mass is 32.1. The Balaban J connectivity index is 1.74. The van der Waals surface area contributed by atoms with Crippen molar-refractivity contribution in [3.8, 4) is 11.6 Å². The van der Waals surface area contributed by atoms with Gasteiger partial charge in [0.25, 0.3) is 0 Å². The molecule has 0 radical (unpaired) electrons. The van der Waals surface area contributed by atoms with E-state index in [0.29, 0.717) is 16.9 Å². The highest BCUT2D eigenvalue weighted by Crippen LogP contribution is 2.25. The summed E-state index contributed by atoms with van der Waals surface area (Å²) in [5.74, 6) is 0.162. The third-order valence-corrected chi connectivity index (χ3v) is 4.24. The molecule has 0 bridgehead atoms. The van der Waals surface area contributed by atoms with Crippen LogP contribution in [-0.2, 0) is 6.42 Å². The Morgan fingerprint density at radius 3 is 2.70 bits per heavy atom. The molecule has 3 N–H and O–H groups in total. The van der Waals surface area contributed by atoms with Crippen molar-refractivity contribution in [1.82, 2.24) is 14.5 Å². The molecule has 0 aliphatic heterocycles. The second-order valence-corrected chi connectivity index (χ2v) is 5.87. The molecule has 0 aliphatic rings. The lowest BCUT2D eigenvalue weighted by Crippen LogP contribution is -1.93. The van der Waals surface area contributed by atoms with Crippen molar-refractivity contribution in [3.63, 3.8) is 0 Å². The zero-order valence-corrected chi connectivity index (χ0v) is 13.1. The van der Waals surface area contributed by atoms with E-state index in [1.54, 1.807) is 4.57 Å². The van der Waals surface area contributed by atoms with Gasteiger partial charge in [-0.2, -0.15) is 0 Å². The molecule has 0 atom stereocenters. The Kier molecular flexibility index (Phi) is 3.28. The number of imidazole rings is 1. The molecule has 2 aromatic carbocycles. The lowest BCUT2D eigenvalue weighted by molar-refractivity contribution is 0.436. The highest BCUT2D eigenvalue weighted by Gasteiger charge is 2.13. The van der Waals surface area contributed by atoms with Crippen molar-refractivity contribution < 1.29 is 5.11 Å². The lowest BCUT2D eigenvalue weighted by atomic mass is 10.1. The molecule has 2 heterocycles. The van der Waals surface area contributed by atoms with E-state index in [0.717, 1.165) is 22.2 Å². The number of benzene rings is 2. The third-order valence-electron chi connectivity index (χ3n) is 3.96. The molecule has 2 aromatic heterocycles. The number of nitrogens with one attached hydrogen (secondary N) is 2. The molecule has 0 saturated heterocycles. The van der Waals surface area contributed by atoms with Gasteiger partial charge in [0.15, 0.2) is 4.77 Å². The number of H-pyrrole nitrogens is 2. The van der Waals surface area contributed by atoms with Gasteiger partial charge in [-0.3, -0.25) is 4.57 Å². The van der Waals surface area contributed by atoms with Crippen LogP contribution in [0.5, 0.6) is 5.88 Å². The molecule has 23 heavy (non-hydrogen) atoms. The first-order valence-electron chi connectivity index (χ1n) is 7.37. The van der Waals surface area contributed by atoms with Crippen molar-refractivity contribution in [2.24, 2.45) is 0 Å². The van der Waals surface area contributed by atoms with Crippen LogP contribution in [0.1, 0.15) is 11.3 Å². The second-order valence-electron chi connectivity index (χ2n) is 5.48. The minimum absolute atomic E-state index is 0.162. The minimum Gasteiger partial charge on any atom is -0.493 e. The summed E-state index contributed by atoms with van der Waals surface area (Å²) in [4.78, 5) is 6.30. The Hall–Kier alpha value is -2.79.